The second kappa shape index (κ2) is 8.76. The first-order chi connectivity index (χ1) is 14.6. The molecular weight excluding hydrogens is 442 g/mol. The number of anilines is 1. The highest BCUT2D eigenvalue weighted by Gasteiger charge is 2.17. The van der Waals surface area contributed by atoms with Gasteiger partial charge in [0.25, 0.3) is 15.9 Å². The fourth-order valence-corrected chi connectivity index (χ4v) is 4.58. The molecule has 0 bridgehead atoms. The van der Waals surface area contributed by atoms with Crippen LogP contribution in [0.15, 0.2) is 78.0 Å². The number of sulfonamides is 1. The van der Waals surface area contributed by atoms with Gasteiger partial charge in [0, 0.05) is 24.0 Å². The Labute approximate surface area is 179 Å². The lowest BCUT2D eigenvalue weighted by atomic mass is 10.0. The number of benzene rings is 2. The number of nitrogens with one attached hydrogen (secondary N) is 2. The number of para-hydroxylation sites is 1. The molecule has 0 aliphatic heterocycles. The molecule has 0 radical (unpaired) electrons. The number of nitrogens with zero attached hydrogens (tertiary/aromatic N) is 1. The Bertz CT molecular complexity index is 1340. The zero-order chi connectivity index (χ0) is 22.6. The predicted molar refractivity (Wildman–Crippen MR) is 116 cm³/mol. The van der Waals surface area contributed by atoms with Gasteiger partial charge in [-0.2, -0.15) is 0 Å². The highest BCUT2D eigenvalue weighted by molar-refractivity contribution is 7.92. The van der Waals surface area contributed by atoms with Crippen molar-refractivity contribution in [2.45, 2.75) is 4.90 Å². The highest BCUT2D eigenvalue weighted by Crippen LogP contribution is 2.29. The van der Waals surface area contributed by atoms with Gasteiger partial charge in [-0.05, 0) is 41.5 Å². The third kappa shape index (κ3) is 5.40. The molecule has 11 heteroatoms. The molecule has 0 saturated heterocycles. The quantitative estimate of drug-likeness (QED) is 0.281. The fraction of sp³-hybridized carbons (Fsp3) is 0.0500. The standard InChI is InChI=1S/C20H19N3O6S2/c1-30(26,27)22-19-5-3-2-4-18(19)16-7-9-17(10-8-16)31(28,29)23-13-12-15(14-23)6-11-20(24)21-25/h2-14,22,25H,1H3,(H,21,24). The first kappa shape index (κ1) is 22.3. The van der Waals surface area contributed by atoms with Crippen molar-refractivity contribution in [3.05, 3.63) is 78.6 Å². The van der Waals surface area contributed by atoms with Crippen LogP contribution in [0.5, 0.6) is 0 Å². The van der Waals surface area contributed by atoms with E-state index in [0.29, 0.717) is 22.4 Å². The molecule has 3 aromatic rings. The van der Waals surface area contributed by atoms with Crippen LogP contribution in [0, 0.1) is 0 Å². The zero-order valence-corrected chi connectivity index (χ0v) is 17.9. The fourth-order valence-electron chi connectivity index (χ4n) is 2.80. The van der Waals surface area contributed by atoms with Gasteiger partial charge in [0.05, 0.1) is 16.8 Å². The van der Waals surface area contributed by atoms with E-state index < -0.39 is 26.0 Å². The molecule has 31 heavy (non-hydrogen) atoms. The minimum Gasteiger partial charge on any atom is -0.288 e. The molecule has 1 aromatic heterocycles. The van der Waals surface area contributed by atoms with Crippen molar-refractivity contribution in [2.75, 3.05) is 11.0 Å². The molecule has 3 N–H and O–H groups in total. The molecule has 9 nitrogen and oxygen atoms in total. The number of hydrogen-bond donors (Lipinski definition) is 3. The van der Waals surface area contributed by atoms with Gasteiger partial charge in [0.1, 0.15) is 0 Å². The summed E-state index contributed by atoms with van der Waals surface area (Å²) < 4.78 is 52.4. The minimum absolute atomic E-state index is 0.0315. The smallest absolute Gasteiger partial charge is 0.267 e. The van der Waals surface area contributed by atoms with E-state index in [0.717, 1.165) is 16.3 Å². The maximum atomic E-state index is 12.9. The summed E-state index contributed by atoms with van der Waals surface area (Å²) in [6.45, 7) is 0. The van der Waals surface area contributed by atoms with Gasteiger partial charge in [-0.3, -0.25) is 14.7 Å². The van der Waals surface area contributed by atoms with E-state index in [4.69, 9.17) is 5.21 Å². The molecule has 0 atom stereocenters. The Kier molecular flexibility index (Phi) is 6.29. The number of aromatic nitrogens is 1. The van der Waals surface area contributed by atoms with Crippen molar-refractivity contribution in [3.8, 4) is 11.1 Å². The molecule has 0 aliphatic rings. The molecule has 1 heterocycles. The molecule has 162 valence electrons. The van der Waals surface area contributed by atoms with Gasteiger partial charge in [-0.25, -0.2) is 26.3 Å². The van der Waals surface area contributed by atoms with E-state index in [1.807, 2.05) is 0 Å². The van der Waals surface area contributed by atoms with Crippen LogP contribution in [0.25, 0.3) is 17.2 Å². The van der Waals surface area contributed by atoms with Crippen LogP contribution in [-0.4, -0.2) is 38.2 Å². The minimum atomic E-state index is -3.88. The summed E-state index contributed by atoms with van der Waals surface area (Å²) in [7, 11) is -7.36. The summed E-state index contributed by atoms with van der Waals surface area (Å²) >= 11 is 0. The van der Waals surface area contributed by atoms with Crippen molar-refractivity contribution in [3.63, 3.8) is 0 Å². The van der Waals surface area contributed by atoms with Crippen LogP contribution in [0.1, 0.15) is 5.56 Å². The van der Waals surface area contributed by atoms with E-state index in [9.17, 15) is 21.6 Å². The zero-order valence-electron chi connectivity index (χ0n) is 16.3. The van der Waals surface area contributed by atoms with Crippen molar-refractivity contribution in [1.82, 2.24) is 9.45 Å². The van der Waals surface area contributed by atoms with Crippen LogP contribution in [-0.2, 0) is 24.8 Å². The summed E-state index contributed by atoms with van der Waals surface area (Å²) in [4.78, 5) is 11.1. The summed E-state index contributed by atoms with van der Waals surface area (Å²) in [6.07, 6.45) is 6.13. The third-order valence-corrected chi connectivity index (χ3v) is 6.43. The topological polar surface area (TPSA) is 135 Å². The van der Waals surface area contributed by atoms with E-state index in [1.165, 1.54) is 42.1 Å². The third-order valence-electron chi connectivity index (χ3n) is 4.19. The number of hydroxylamine groups is 1. The van der Waals surface area contributed by atoms with Gasteiger partial charge in [0.2, 0.25) is 10.0 Å². The number of carbonyl (C=O) groups is 1. The Morgan fingerprint density at radius 3 is 2.32 bits per heavy atom. The Morgan fingerprint density at radius 2 is 1.68 bits per heavy atom. The maximum absolute atomic E-state index is 12.9. The second-order valence-electron chi connectivity index (χ2n) is 6.53. The lowest BCUT2D eigenvalue weighted by molar-refractivity contribution is -0.124. The summed E-state index contributed by atoms with van der Waals surface area (Å²) in [6, 6.07) is 14.3. The lowest BCUT2D eigenvalue weighted by Gasteiger charge is -2.12. The lowest BCUT2D eigenvalue weighted by Crippen LogP contribution is -2.14. The van der Waals surface area contributed by atoms with Gasteiger partial charge < -0.3 is 0 Å². The monoisotopic (exact) mass is 461 g/mol. The number of rotatable bonds is 7. The van der Waals surface area contributed by atoms with E-state index in [1.54, 1.807) is 36.4 Å². The Hall–Kier alpha value is -3.41. The van der Waals surface area contributed by atoms with Crippen molar-refractivity contribution in [1.29, 1.82) is 0 Å². The molecule has 0 fully saturated rings. The van der Waals surface area contributed by atoms with Crippen LogP contribution in [0.3, 0.4) is 0 Å². The van der Waals surface area contributed by atoms with Crippen molar-refractivity contribution < 1.29 is 26.8 Å². The first-order valence-electron chi connectivity index (χ1n) is 8.83. The molecular formula is C20H19N3O6S2. The number of amides is 1. The molecule has 0 aliphatic carbocycles. The molecule has 0 saturated carbocycles. The summed E-state index contributed by atoms with van der Waals surface area (Å²) in [5, 5.41) is 8.49. The summed E-state index contributed by atoms with van der Waals surface area (Å²) in [5.41, 5.74) is 3.52. The van der Waals surface area contributed by atoms with Gasteiger partial charge >= 0.3 is 0 Å². The first-order valence-corrected chi connectivity index (χ1v) is 12.2. The Balaban J connectivity index is 1.89. The average Bonchev–Trinajstić information content (AvgIpc) is 3.21. The molecule has 2 aromatic carbocycles. The second-order valence-corrected chi connectivity index (χ2v) is 10.1. The van der Waals surface area contributed by atoms with Crippen molar-refractivity contribution >= 4 is 37.7 Å². The molecule has 0 unspecified atom stereocenters. The average molecular weight is 462 g/mol. The molecule has 1 amide bonds. The van der Waals surface area contributed by atoms with E-state index >= 15 is 0 Å². The van der Waals surface area contributed by atoms with Gasteiger partial charge in [0.15, 0.2) is 0 Å². The van der Waals surface area contributed by atoms with Crippen LogP contribution >= 0.6 is 0 Å². The number of carbonyl (C=O) groups excluding carboxylic acids is 1. The largest absolute Gasteiger partial charge is 0.288 e. The maximum Gasteiger partial charge on any atom is 0.267 e. The van der Waals surface area contributed by atoms with Gasteiger partial charge in [-0.15, -0.1) is 0 Å². The highest BCUT2D eigenvalue weighted by atomic mass is 32.2. The van der Waals surface area contributed by atoms with E-state index in [2.05, 4.69) is 4.72 Å². The van der Waals surface area contributed by atoms with Crippen LogP contribution in [0.4, 0.5) is 5.69 Å². The molecule has 0 spiro atoms. The van der Waals surface area contributed by atoms with Crippen molar-refractivity contribution in [2.24, 2.45) is 0 Å². The number of hydrogen-bond acceptors (Lipinski definition) is 6. The normalized spacial score (nSPS) is 12.1. The van der Waals surface area contributed by atoms with E-state index in [-0.39, 0.29) is 4.90 Å². The summed E-state index contributed by atoms with van der Waals surface area (Å²) in [5.74, 6) is -0.739. The predicted octanol–water partition coefficient (Wildman–Crippen LogP) is 2.28. The van der Waals surface area contributed by atoms with Crippen LogP contribution in [0.2, 0.25) is 0 Å². The SMILES string of the molecule is CS(=O)(=O)Nc1ccccc1-c1ccc(S(=O)(=O)n2ccc(C=CC(=O)NO)c2)cc1. The van der Waals surface area contributed by atoms with Crippen LogP contribution < -0.4 is 10.2 Å². The van der Waals surface area contributed by atoms with Gasteiger partial charge in [-0.1, -0.05) is 30.3 Å². The molecule has 3 rings (SSSR count). The Morgan fingerprint density at radius 1 is 1.00 bits per heavy atom.